The summed E-state index contributed by atoms with van der Waals surface area (Å²) < 4.78 is 0. The van der Waals surface area contributed by atoms with E-state index in [9.17, 15) is 0 Å². The van der Waals surface area contributed by atoms with Crippen molar-refractivity contribution >= 4 is 8.80 Å². The van der Waals surface area contributed by atoms with Crippen molar-refractivity contribution in [3.8, 4) is 0 Å². The van der Waals surface area contributed by atoms with Gasteiger partial charge in [-0.3, -0.25) is 0 Å². The number of hydrogen-bond acceptors (Lipinski definition) is 0. The Balaban J connectivity index is 1.82. The smallest absolute Gasteiger partial charge is 0.0809 e. The highest BCUT2D eigenvalue weighted by Gasteiger charge is 2.22. The van der Waals surface area contributed by atoms with Crippen molar-refractivity contribution in [2.24, 2.45) is 0 Å². The van der Waals surface area contributed by atoms with Gasteiger partial charge in [-0.2, -0.15) is 0 Å². The van der Waals surface area contributed by atoms with Gasteiger partial charge in [-0.25, -0.2) is 0 Å². The Labute approximate surface area is 111 Å². The van der Waals surface area contributed by atoms with E-state index in [2.05, 4.69) is 66.8 Å². The first-order valence-electron chi connectivity index (χ1n) is 6.68. The van der Waals surface area contributed by atoms with Gasteiger partial charge in [0.25, 0.3) is 0 Å². The molecule has 2 aliphatic carbocycles. The van der Waals surface area contributed by atoms with Crippen molar-refractivity contribution < 1.29 is 0 Å². The minimum Gasteiger partial charge on any atom is -0.0809 e. The predicted octanol–water partition coefficient (Wildman–Crippen LogP) is 3.85. The van der Waals surface area contributed by atoms with Crippen LogP contribution in [0.25, 0.3) is 0 Å². The third kappa shape index (κ3) is 2.46. The summed E-state index contributed by atoms with van der Waals surface area (Å²) in [6.45, 7) is 0. The Morgan fingerprint density at radius 1 is 0.833 bits per heavy atom. The first-order chi connectivity index (χ1) is 8.93. The zero-order valence-corrected chi connectivity index (χ0v) is 11.7. The van der Waals surface area contributed by atoms with Gasteiger partial charge in [0, 0.05) is 0 Å². The van der Waals surface area contributed by atoms with E-state index in [1.165, 1.54) is 24.4 Å². The number of rotatable bonds is 4. The third-order valence-electron chi connectivity index (χ3n) is 3.78. The molecule has 3 rings (SSSR count). The quantitative estimate of drug-likeness (QED) is 0.712. The lowest BCUT2D eigenvalue weighted by Crippen LogP contribution is -2.22. The summed E-state index contributed by atoms with van der Waals surface area (Å²) in [4.78, 5) is 0. The van der Waals surface area contributed by atoms with Crippen LogP contribution in [0, 0.1) is 0 Å². The van der Waals surface area contributed by atoms with Gasteiger partial charge in [-0.1, -0.05) is 82.7 Å². The van der Waals surface area contributed by atoms with Gasteiger partial charge < -0.3 is 0 Å². The van der Waals surface area contributed by atoms with E-state index in [0.717, 1.165) is 0 Å². The third-order valence-corrected chi connectivity index (χ3v) is 7.30. The highest BCUT2D eigenvalue weighted by Crippen LogP contribution is 2.26. The minimum absolute atomic E-state index is 0.968. The number of allylic oxidation sites excluding steroid dienone is 8. The Bertz CT molecular complexity index is 502. The lowest BCUT2D eigenvalue weighted by Gasteiger charge is -2.18. The van der Waals surface area contributed by atoms with E-state index in [1.54, 1.807) is 10.4 Å². The zero-order valence-electron chi connectivity index (χ0n) is 10.5. The van der Waals surface area contributed by atoms with Crippen molar-refractivity contribution in [1.29, 1.82) is 0 Å². The molecule has 18 heavy (non-hydrogen) atoms. The van der Waals surface area contributed by atoms with E-state index < -0.39 is 8.80 Å². The second-order valence-electron chi connectivity index (χ2n) is 4.99. The highest BCUT2D eigenvalue weighted by atomic mass is 28.3. The lowest BCUT2D eigenvalue weighted by molar-refractivity contribution is 1.26. The summed E-state index contributed by atoms with van der Waals surface area (Å²) in [6.07, 6.45) is 16.1. The molecule has 2 aliphatic rings. The summed E-state index contributed by atoms with van der Waals surface area (Å²) in [5.41, 5.74) is 1.50. The molecule has 0 unspecified atom stereocenters. The molecule has 0 bridgehead atoms. The molecule has 0 N–H and O–H groups in total. The van der Waals surface area contributed by atoms with Crippen molar-refractivity contribution in [3.63, 3.8) is 0 Å². The van der Waals surface area contributed by atoms with Gasteiger partial charge in [0.1, 0.15) is 0 Å². The van der Waals surface area contributed by atoms with Crippen LogP contribution in [0.5, 0.6) is 0 Å². The molecule has 0 atom stereocenters. The largest absolute Gasteiger partial charge is 0.0976 e. The second kappa shape index (κ2) is 5.36. The molecule has 0 amide bonds. The molecule has 0 saturated heterocycles. The van der Waals surface area contributed by atoms with E-state index in [4.69, 9.17) is 0 Å². The predicted molar refractivity (Wildman–Crippen MR) is 81.0 cm³/mol. The minimum atomic E-state index is -0.968. The summed E-state index contributed by atoms with van der Waals surface area (Å²) in [7, 11) is -0.968. The molecule has 0 saturated carbocycles. The molecule has 0 nitrogen and oxygen atoms in total. The Hall–Kier alpha value is -1.60. The monoisotopic (exact) mass is 250 g/mol. The Morgan fingerprint density at radius 3 is 1.94 bits per heavy atom. The molecule has 1 aromatic carbocycles. The number of benzene rings is 1. The molecule has 1 aromatic rings. The Morgan fingerprint density at radius 2 is 1.44 bits per heavy atom. The SMILES string of the molecule is C1=CCC([SiH](Cc2ccccc2)C2=CC=CC2)=C1. The Kier molecular flexibility index (Phi) is 3.42. The van der Waals surface area contributed by atoms with Gasteiger partial charge >= 0.3 is 0 Å². The molecule has 0 aliphatic heterocycles. The van der Waals surface area contributed by atoms with Gasteiger partial charge in [0.05, 0.1) is 8.80 Å². The molecule has 0 spiro atoms. The van der Waals surface area contributed by atoms with Crippen LogP contribution >= 0.6 is 0 Å². The lowest BCUT2D eigenvalue weighted by atomic mass is 10.2. The fraction of sp³-hybridized carbons (Fsp3) is 0.176. The molecule has 0 heterocycles. The van der Waals surface area contributed by atoms with Crippen molar-refractivity contribution in [2.45, 2.75) is 18.9 Å². The van der Waals surface area contributed by atoms with Gasteiger partial charge in [-0.15, -0.1) is 0 Å². The average Bonchev–Trinajstić information content (AvgIpc) is 3.11. The molecule has 0 radical (unpaired) electrons. The van der Waals surface area contributed by atoms with Crippen molar-refractivity contribution in [3.05, 3.63) is 82.7 Å². The molecule has 90 valence electrons. The molecule has 0 aromatic heterocycles. The van der Waals surface area contributed by atoms with Crippen LogP contribution < -0.4 is 0 Å². The van der Waals surface area contributed by atoms with Crippen LogP contribution in [-0.4, -0.2) is 8.80 Å². The first-order valence-corrected chi connectivity index (χ1v) is 8.66. The second-order valence-corrected chi connectivity index (χ2v) is 7.99. The normalized spacial score (nSPS) is 17.4. The first kappa shape index (κ1) is 11.5. The summed E-state index contributed by atoms with van der Waals surface area (Å²) in [5, 5.41) is 3.41. The van der Waals surface area contributed by atoms with E-state index >= 15 is 0 Å². The fourth-order valence-corrected chi connectivity index (χ4v) is 6.07. The highest BCUT2D eigenvalue weighted by molar-refractivity contribution is 6.73. The van der Waals surface area contributed by atoms with Crippen molar-refractivity contribution in [2.75, 3.05) is 0 Å². The van der Waals surface area contributed by atoms with Crippen LogP contribution in [0.4, 0.5) is 0 Å². The molecular formula is C17H18Si. The van der Waals surface area contributed by atoms with Gasteiger partial charge in [-0.05, 0) is 18.9 Å². The molecule has 0 fully saturated rings. The van der Waals surface area contributed by atoms with E-state index in [-0.39, 0.29) is 0 Å². The topological polar surface area (TPSA) is 0 Å². The van der Waals surface area contributed by atoms with Crippen molar-refractivity contribution in [1.82, 2.24) is 0 Å². The van der Waals surface area contributed by atoms with Crippen LogP contribution in [0.3, 0.4) is 0 Å². The summed E-state index contributed by atoms with van der Waals surface area (Å²) in [5.74, 6) is 0. The van der Waals surface area contributed by atoms with E-state index in [0.29, 0.717) is 0 Å². The summed E-state index contributed by atoms with van der Waals surface area (Å²) in [6, 6.07) is 12.2. The molecular weight excluding hydrogens is 232 g/mol. The number of hydrogen-bond donors (Lipinski definition) is 0. The maximum Gasteiger partial charge on any atom is 0.0976 e. The van der Waals surface area contributed by atoms with Crippen LogP contribution in [-0.2, 0) is 6.04 Å². The van der Waals surface area contributed by atoms with Gasteiger partial charge in [0.2, 0.25) is 0 Å². The van der Waals surface area contributed by atoms with Gasteiger partial charge in [0.15, 0.2) is 0 Å². The van der Waals surface area contributed by atoms with Crippen LogP contribution in [0.1, 0.15) is 18.4 Å². The summed E-state index contributed by atoms with van der Waals surface area (Å²) >= 11 is 0. The molecule has 1 heteroatoms. The zero-order chi connectivity index (χ0) is 12.2. The van der Waals surface area contributed by atoms with E-state index in [1.807, 2.05) is 0 Å². The van der Waals surface area contributed by atoms with Crippen LogP contribution in [0.2, 0.25) is 0 Å². The van der Waals surface area contributed by atoms with Crippen LogP contribution in [0.15, 0.2) is 77.2 Å². The maximum atomic E-state index is 2.36. The fourth-order valence-electron chi connectivity index (χ4n) is 2.79. The average molecular weight is 250 g/mol. The maximum absolute atomic E-state index is 2.36. The standard InChI is InChI=1S/C17H18Si/c1-2-8-15(9-3-1)14-18(16-10-4-5-11-16)17-12-6-7-13-17/h1-10,12,18H,11,13-14H2.